The Labute approximate surface area is 106 Å². The number of halogens is 2. The summed E-state index contributed by atoms with van der Waals surface area (Å²) in [6.45, 7) is 6.55. The van der Waals surface area contributed by atoms with E-state index < -0.39 is 0 Å². The van der Waals surface area contributed by atoms with Crippen LogP contribution < -0.4 is 5.32 Å². The summed E-state index contributed by atoms with van der Waals surface area (Å²) in [5.41, 5.74) is 0. The van der Waals surface area contributed by atoms with Crippen molar-refractivity contribution in [3.63, 3.8) is 0 Å². The van der Waals surface area contributed by atoms with E-state index in [9.17, 15) is 0 Å². The normalized spacial score (nSPS) is 22.4. The Bertz CT molecular complexity index is 303. The van der Waals surface area contributed by atoms with E-state index in [-0.39, 0.29) is 12.4 Å². The highest BCUT2D eigenvalue weighted by molar-refractivity contribution is 7.10. The van der Waals surface area contributed by atoms with Crippen molar-refractivity contribution in [1.82, 2.24) is 10.2 Å². The van der Waals surface area contributed by atoms with Crippen molar-refractivity contribution >= 4 is 35.3 Å². The first-order valence-corrected chi connectivity index (χ1v) is 6.20. The number of nitrogens with zero attached hydrogens (tertiary/aromatic N) is 1. The first-order valence-electron chi connectivity index (χ1n) is 4.94. The predicted molar refractivity (Wildman–Crippen MR) is 69.3 cm³/mol. The quantitative estimate of drug-likeness (QED) is 0.886. The second-order valence-corrected chi connectivity index (χ2v) is 5.12. The molecular formula is C10H16Cl2N2S. The van der Waals surface area contributed by atoms with Gasteiger partial charge in [-0.1, -0.05) is 11.6 Å². The number of rotatable bonds is 2. The number of thiophene rings is 1. The van der Waals surface area contributed by atoms with Gasteiger partial charge in [-0.3, -0.25) is 4.90 Å². The Morgan fingerprint density at radius 3 is 3.07 bits per heavy atom. The fourth-order valence-corrected chi connectivity index (χ4v) is 2.86. The van der Waals surface area contributed by atoms with Gasteiger partial charge in [0, 0.05) is 37.1 Å². The van der Waals surface area contributed by atoms with Crippen LogP contribution in [0.15, 0.2) is 11.4 Å². The number of hydrogen-bond acceptors (Lipinski definition) is 3. The van der Waals surface area contributed by atoms with Crippen LogP contribution in [0.4, 0.5) is 0 Å². The first-order chi connectivity index (χ1) is 6.77. The summed E-state index contributed by atoms with van der Waals surface area (Å²) in [6.07, 6.45) is 0. The van der Waals surface area contributed by atoms with Crippen LogP contribution in [0, 0.1) is 0 Å². The molecule has 1 atom stereocenters. The lowest BCUT2D eigenvalue weighted by Gasteiger charge is -2.33. The van der Waals surface area contributed by atoms with E-state index in [0.717, 1.165) is 31.2 Å². The van der Waals surface area contributed by atoms with Gasteiger partial charge >= 0.3 is 0 Å². The van der Waals surface area contributed by atoms with Gasteiger partial charge in [-0.2, -0.15) is 0 Å². The lowest BCUT2D eigenvalue weighted by Crippen LogP contribution is -2.49. The molecule has 1 aromatic heterocycles. The third kappa shape index (κ3) is 3.33. The highest BCUT2D eigenvalue weighted by Gasteiger charge is 2.18. The number of hydrogen-bond donors (Lipinski definition) is 1. The predicted octanol–water partition coefficient (Wildman–Crippen LogP) is 2.62. The fraction of sp³-hybridized carbons (Fsp3) is 0.600. The lowest BCUT2D eigenvalue weighted by atomic mass is 10.2. The second-order valence-electron chi connectivity index (χ2n) is 3.72. The van der Waals surface area contributed by atoms with Gasteiger partial charge in [0.2, 0.25) is 0 Å². The molecule has 0 unspecified atom stereocenters. The van der Waals surface area contributed by atoms with Gasteiger partial charge in [-0.15, -0.1) is 23.7 Å². The maximum absolute atomic E-state index is 6.07. The average Bonchev–Trinajstić information content (AvgIpc) is 2.56. The van der Waals surface area contributed by atoms with Crippen LogP contribution in [0.25, 0.3) is 0 Å². The molecule has 86 valence electrons. The highest BCUT2D eigenvalue weighted by atomic mass is 35.5. The van der Waals surface area contributed by atoms with Crippen molar-refractivity contribution in [2.45, 2.75) is 19.5 Å². The van der Waals surface area contributed by atoms with Crippen LogP contribution in [-0.2, 0) is 6.54 Å². The third-order valence-corrected chi connectivity index (χ3v) is 4.05. The average molecular weight is 267 g/mol. The van der Waals surface area contributed by atoms with Crippen LogP contribution in [0.5, 0.6) is 0 Å². The minimum atomic E-state index is 0. The molecule has 0 saturated carbocycles. The number of nitrogens with one attached hydrogen (secondary N) is 1. The zero-order valence-electron chi connectivity index (χ0n) is 8.70. The van der Waals surface area contributed by atoms with Gasteiger partial charge < -0.3 is 5.32 Å². The van der Waals surface area contributed by atoms with Crippen molar-refractivity contribution < 1.29 is 0 Å². The molecule has 2 rings (SSSR count). The summed E-state index contributed by atoms with van der Waals surface area (Å²) >= 11 is 7.83. The van der Waals surface area contributed by atoms with Gasteiger partial charge in [0.15, 0.2) is 0 Å². The topological polar surface area (TPSA) is 15.3 Å². The van der Waals surface area contributed by atoms with E-state index in [4.69, 9.17) is 11.6 Å². The van der Waals surface area contributed by atoms with Gasteiger partial charge in [0.25, 0.3) is 0 Å². The van der Waals surface area contributed by atoms with E-state index >= 15 is 0 Å². The maximum Gasteiger partial charge on any atom is 0.0558 e. The molecule has 1 fully saturated rings. The smallest absolute Gasteiger partial charge is 0.0558 e. The van der Waals surface area contributed by atoms with Crippen LogP contribution in [0.1, 0.15) is 11.8 Å². The standard InChI is InChI=1S/C10H15ClN2S.ClH/c1-8-6-12-3-4-13(8)7-10-9(11)2-5-14-10;/h2,5,8,12H,3-4,6-7H2,1H3;1H/t8-;/m1./s1. The Balaban J connectivity index is 0.00000112. The summed E-state index contributed by atoms with van der Waals surface area (Å²) in [6, 6.07) is 2.59. The minimum Gasteiger partial charge on any atom is -0.314 e. The maximum atomic E-state index is 6.07. The Kier molecular flexibility index (Phi) is 5.36. The van der Waals surface area contributed by atoms with E-state index in [1.807, 2.05) is 6.07 Å². The molecule has 1 N–H and O–H groups in total. The van der Waals surface area contributed by atoms with Crippen molar-refractivity contribution in [2.75, 3.05) is 19.6 Å². The van der Waals surface area contributed by atoms with Crippen molar-refractivity contribution in [3.8, 4) is 0 Å². The molecule has 0 amide bonds. The molecule has 1 aromatic rings. The highest BCUT2D eigenvalue weighted by Crippen LogP contribution is 2.24. The molecule has 1 aliphatic heterocycles. The minimum absolute atomic E-state index is 0. The SMILES string of the molecule is C[C@@H]1CNCCN1Cc1sccc1Cl.Cl. The first kappa shape index (κ1) is 13.3. The third-order valence-electron chi connectivity index (χ3n) is 2.68. The zero-order chi connectivity index (χ0) is 9.97. The van der Waals surface area contributed by atoms with Crippen LogP contribution >= 0.6 is 35.3 Å². The van der Waals surface area contributed by atoms with Crippen molar-refractivity contribution in [3.05, 3.63) is 21.3 Å². The summed E-state index contributed by atoms with van der Waals surface area (Å²) < 4.78 is 0. The Hall–Kier alpha value is 0.200. The Morgan fingerprint density at radius 2 is 2.47 bits per heavy atom. The van der Waals surface area contributed by atoms with Gasteiger partial charge in [0.1, 0.15) is 0 Å². The molecule has 0 bridgehead atoms. The summed E-state index contributed by atoms with van der Waals surface area (Å²) in [7, 11) is 0. The molecular weight excluding hydrogens is 251 g/mol. The fourth-order valence-electron chi connectivity index (χ4n) is 1.74. The van der Waals surface area contributed by atoms with Gasteiger partial charge in [-0.05, 0) is 18.4 Å². The van der Waals surface area contributed by atoms with E-state index in [1.165, 1.54) is 4.88 Å². The molecule has 0 aromatic carbocycles. The van der Waals surface area contributed by atoms with Crippen molar-refractivity contribution in [2.24, 2.45) is 0 Å². The molecule has 0 aliphatic carbocycles. The summed E-state index contributed by atoms with van der Waals surface area (Å²) in [5, 5.41) is 6.36. The number of piperazine rings is 1. The van der Waals surface area contributed by atoms with Gasteiger partial charge in [0.05, 0.1) is 5.02 Å². The molecule has 5 heteroatoms. The molecule has 15 heavy (non-hydrogen) atoms. The van der Waals surface area contributed by atoms with Crippen LogP contribution in [0.3, 0.4) is 0 Å². The van der Waals surface area contributed by atoms with Crippen molar-refractivity contribution in [1.29, 1.82) is 0 Å². The molecule has 1 saturated heterocycles. The second kappa shape index (κ2) is 6.06. The zero-order valence-corrected chi connectivity index (χ0v) is 11.1. The van der Waals surface area contributed by atoms with Gasteiger partial charge in [-0.25, -0.2) is 0 Å². The van der Waals surface area contributed by atoms with E-state index in [1.54, 1.807) is 11.3 Å². The Morgan fingerprint density at radius 1 is 1.67 bits per heavy atom. The summed E-state index contributed by atoms with van der Waals surface area (Å²) in [4.78, 5) is 3.77. The lowest BCUT2D eigenvalue weighted by molar-refractivity contribution is 0.167. The molecule has 0 spiro atoms. The van der Waals surface area contributed by atoms with Crippen LogP contribution in [-0.4, -0.2) is 30.6 Å². The summed E-state index contributed by atoms with van der Waals surface area (Å²) in [5.74, 6) is 0. The monoisotopic (exact) mass is 266 g/mol. The molecule has 2 nitrogen and oxygen atoms in total. The van der Waals surface area contributed by atoms with E-state index in [2.05, 4.69) is 22.5 Å². The molecule has 2 heterocycles. The molecule has 1 aliphatic rings. The van der Waals surface area contributed by atoms with Crippen LogP contribution in [0.2, 0.25) is 5.02 Å². The van der Waals surface area contributed by atoms with E-state index in [0.29, 0.717) is 6.04 Å². The largest absolute Gasteiger partial charge is 0.314 e. The molecule has 0 radical (unpaired) electrons.